The summed E-state index contributed by atoms with van der Waals surface area (Å²) in [6.07, 6.45) is 3.13. The number of carbonyl (C=O) groups is 2. The number of amides is 3. The van der Waals surface area contributed by atoms with Gasteiger partial charge < -0.3 is 10.1 Å². The lowest BCUT2D eigenvalue weighted by Crippen LogP contribution is -2.30. The molecule has 0 radical (unpaired) electrons. The third-order valence-electron chi connectivity index (χ3n) is 3.85. The van der Waals surface area contributed by atoms with Crippen molar-refractivity contribution in [2.45, 2.75) is 6.61 Å². The first-order valence-corrected chi connectivity index (χ1v) is 9.27. The summed E-state index contributed by atoms with van der Waals surface area (Å²) in [5.74, 6) is 0.293. The molecular weight excluding hydrogens is 432 g/mol. The molecule has 2 aromatic rings. The van der Waals surface area contributed by atoms with Crippen LogP contribution in [0.15, 0.2) is 65.3 Å². The number of urea groups is 1. The van der Waals surface area contributed by atoms with E-state index < -0.39 is 6.03 Å². The second-order valence-electron chi connectivity index (χ2n) is 5.80. The van der Waals surface area contributed by atoms with Crippen LogP contribution in [0, 0.1) is 0 Å². The Morgan fingerprint density at radius 3 is 2.59 bits per heavy atom. The Kier molecular flexibility index (Phi) is 5.98. The molecule has 0 unspecified atom stereocenters. The zero-order valence-corrected chi connectivity index (χ0v) is 16.6. The summed E-state index contributed by atoms with van der Waals surface area (Å²) in [6.45, 7) is 4.12. The zero-order valence-electron chi connectivity index (χ0n) is 14.2. The van der Waals surface area contributed by atoms with Crippen LogP contribution in [0.1, 0.15) is 11.1 Å². The van der Waals surface area contributed by atoms with E-state index in [2.05, 4.69) is 27.8 Å². The molecule has 0 atom stereocenters. The summed E-state index contributed by atoms with van der Waals surface area (Å²) >= 11 is 9.35. The van der Waals surface area contributed by atoms with Gasteiger partial charge in [-0.15, -0.1) is 6.58 Å². The second kappa shape index (κ2) is 8.41. The Hall–Kier alpha value is -2.57. The van der Waals surface area contributed by atoms with E-state index in [4.69, 9.17) is 16.3 Å². The van der Waals surface area contributed by atoms with E-state index in [9.17, 15) is 9.59 Å². The molecule has 5 nitrogen and oxygen atoms in total. The van der Waals surface area contributed by atoms with Crippen LogP contribution in [-0.2, 0) is 11.4 Å². The van der Waals surface area contributed by atoms with Crippen LogP contribution in [0.4, 0.5) is 4.79 Å². The minimum absolute atomic E-state index is 0.170. The molecule has 138 valence electrons. The van der Waals surface area contributed by atoms with Crippen LogP contribution >= 0.6 is 27.5 Å². The summed E-state index contributed by atoms with van der Waals surface area (Å²) in [6, 6.07) is 12.4. The van der Waals surface area contributed by atoms with Crippen molar-refractivity contribution in [1.29, 1.82) is 0 Å². The van der Waals surface area contributed by atoms with E-state index in [1.165, 1.54) is 6.08 Å². The number of nitrogens with zero attached hydrogens (tertiary/aromatic N) is 1. The SMILES string of the molecule is C=CCN1C(=O)N/C(=C/c2ccc(OCc3ccc(Cl)cc3)c(Br)c2)C1=O. The number of imide groups is 1. The highest BCUT2D eigenvalue weighted by atomic mass is 79.9. The Bertz CT molecular complexity index is 925. The van der Waals surface area contributed by atoms with E-state index >= 15 is 0 Å². The summed E-state index contributed by atoms with van der Waals surface area (Å²) in [7, 11) is 0. The molecule has 3 rings (SSSR count). The number of benzene rings is 2. The van der Waals surface area contributed by atoms with Gasteiger partial charge in [-0.25, -0.2) is 4.79 Å². The lowest BCUT2D eigenvalue weighted by molar-refractivity contribution is -0.122. The molecule has 1 saturated heterocycles. The second-order valence-corrected chi connectivity index (χ2v) is 7.09. The molecular formula is C20H16BrClN2O3. The highest BCUT2D eigenvalue weighted by molar-refractivity contribution is 9.10. The smallest absolute Gasteiger partial charge is 0.329 e. The van der Waals surface area contributed by atoms with E-state index in [0.717, 1.165) is 20.5 Å². The predicted molar refractivity (Wildman–Crippen MR) is 108 cm³/mol. The van der Waals surface area contributed by atoms with E-state index in [1.54, 1.807) is 12.1 Å². The number of hydrogen-bond acceptors (Lipinski definition) is 3. The standard InChI is InChI=1S/C20H16BrClN2O3/c1-2-9-24-19(25)17(23-20(24)26)11-14-5-8-18(16(21)10-14)27-12-13-3-6-15(22)7-4-13/h2-8,10-11H,1,9,12H2,(H,23,26)/b17-11+. The molecule has 2 aromatic carbocycles. The number of ether oxygens (including phenoxy) is 1. The van der Waals surface area contributed by atoms with Gasteiger partial charge in [0.15, 0.2) is 0 Å². The van der Waals surface area contributed by atoms with E-state index in [-0.39, 0.29) is 18.1 Å². The molecule has 1 aliphatic heterocycles. The number of halogens is 2. The van der Waals surface area contributed by atoms with E-state index in [1.807, 2.05) is 36.4 Å². The Morgan fingerprint density at radius 2 is 1.93 bits per heavy atom. The molecule has 0 spiro atoms. The lowest BCUT2D eigenvalue weighted by Gasteiger charge is -2.09. The number of nitrogens with one attached hydrogen (secondary N) is 1. The van der Waals surface area contributed by atoms with Crippen LogP contribution < -0.4 is 10.1 Å². The maximum absolute atomic E-state index is 12.2. The number of hydrogen-bond donors (Lipinski definition) is 1. The van der Waals surface area contributed by atoms with Crippen LogP contribution in [0.25, 0.3) is 6.08 Å². The largest absolute Gasteiger partial charge is 0.488 e. The van der Waals surface area contributed by atoms with Gasteiger partial charge in [0.25, 0.3) is 5.91 Å². The molecule has 7 heteroatoms. The van der Waals surface area contributed by atoms with Gasteiger partial charge in [0, 0.05) is 11.6 Å². The zero-order chi connectivity index (χ0) is 19.4. The predicted octanol–water partition coefficient (Wildman–Crippen LogP) is 4.76. The quantitative estimate of drug-likeness (QED) is 0.394. The molecule has 0 aromatic heterocycles. The fourth-order valence-corrected chi connectivity index (χ4v) is 3.14. The van der Waals surface area contributed by atoms with Crippen molar-refractivity contribution in [2.75, 3.05) is 6.54 Å². The fraction of sp³-hybridized carbons (Fsp3) is 0.100. The van der Waals surface area contributed by atoms with E-state index in [0.29, 0.717) is 17.4 Å². The van der Waals surface area contributed by atoms with Gasteiger partial charge in [-0.05, 0) is 57.4 Å². The van der Waals surface area contributed by atoms with Crippen molar-refractivity contribution < 1.29 is 14.3 Å². The molecule has 0 saturated carbocycles. The van der Waals surface area contributed by atoms with Gasteiger partial charge in [-0.2, -0.15) is 0 Å². The van der Waals surface area contributed by atoms with Crippen molar-refractivity contribution in [3.05, 3.63) is 81.4 Å². The highest BCUT2D eigenvalue weighted by Crippen LogP contribution is 2.28. The van der Waals surface area contributed by atoms with Gasteiger partial charge in [0.05, 0.1) is 4.47 Å². The molecule has 0 aliphatic carbocycles. The minimum Gasteiger partial charge on any atom is -0.488 e. The molecule has 1 heterocycles. The van der Waals surface area contributed by atoms with Crippen molar-refractivity contribution in [1.82, 2.24) is 10.2 Å². The third kappa shape index (κ3) is 4.59. The Balaban J connectivity index is 1.71. The molecule has 0 bridgehead atoms. The normalized spacial score (nSPS) is 15.2. The first-order valence-electron chi connectivity index (χ1n) is 8.10. The molecule has 1 N–H and O–H groups in total. The van der Waals surface area contributed by atoms with Crippen molar-refractivity contribution in [2.24, 2.45) is 0 Å². The van der Waals surface area contributed by atoms with Gasteiger partial charge in [0.1, 0.15) is 18.1 Å². The van der Waals surface area contributed by atoms with Gasteiger partial charge in [-0.1, -0.05) is 35.9 Å². The molecule has 3 amide bonds. The monoisotopic (exact) mass is 446 g/mol. The van der Waals surface area contributed by atoms with Crippen molar-refractivity contribution in [3.63, 3.8) is 0 Å². The Labute approximate surface area is 170 Å². The minimum atomic E-state index is -0.451. The molecule has 1 aliphatic rings. The van der Waals surface area contributed by atoms with Crippen LogP contribution in [0.5, 0.6) is 5.75 Å². The maximum atomic E-state index is 12.2. The average molecular weight is 448 g/mol. The lowest BCUT2D eigenvalue weighted by atomic mass is 10.2. The van der Waals surface area contributed by atoms with Gasteiger partial charge in [0.2, 0.25) is 0 Å². The summed E-state index contributed by atoms with van der Waals surface area (Å²) in [5.41, 5.74) is 1.98. The topological polar surface area (TPSA) is 58.6 Å². The third-order valence-corrected chi connectivity index (χ3v) is 4.72. The van der Waals surface area contributed by atoms with Crippen molar-refractivity contribution in [3.8, 4) is 5.75 Å². The number of carbonyl (C=O) groups excluding carboxylic acids is 2. The van der Waals surface area contributed by atoms with Gasteiger partial charge in [-0.3, -0.25) is 9.69 Å². The highest BCUT2D eigenvalue weighted by Gasteiger charge is 2.32. The van der Waals surface area contributed by atoms with Gasteiger partial charge >= 0.3 is 6.03 Å². The summed E-state index contributed by atoms with van der Waals surface area (Å²) in [5, 5.41) is 3.24. The fourth-order valence-electron chi connectivity index (χ4n) is 2.50. The molecule has 1 fully saturated rings. The van der Waals surface area contributed by atoms with Crippen molar-refractivity contribution >= 4 is 45.5 Å². The average Bonchev–Trinajstić information content (AvgIpc) is 2.90. The maximum Gasteiger partial charge on any atom is 0.329 e. The first kappa shape index (κ1) is 19.2. The summed E-state index contributed by atoms with van der Waals surface area (Å²) in [4.78, 5) is 25.1. The van der Waals surface area contributed by atoms with Crippen LogP contribution in [-0.4, -0.2) is 23.4 Å². The van der Waals surface area contributed by atoms with Crippen LogP contribution in [0.3, 0.4) is 0 Å². The number of rotatable bonds is 6. The summed E-state index contributed by atoms with van der Waals surface area (Å²) < 4.78 is 6.55. The van der Waals surface area contributed by atoms with Crippen LogP contribution in [0.2, 0.25) is 5.02 Å². The molecule has 27 heavy (non-hydrogen) atoms. The first-order chi connectivity index (χ1) is 13.0. The Morgan fingerprint density at radius 1 is 1.19 bits per heavy atom.